The van der Waals surface area contributed by atoms with Crippen LogP contribution < -0.4 is 0 Å². The first-order chi connectivity index (χ1) is 22.3. The number of nitrogens with zero attached hydrogens (tertiary/aromatic N) is 3. The van der Waals surface area contributed by atoms with Gasteiger partial charge in [-0.05, 0) is 57.0 Å². The molecule has 0 radical (unpaired) electrons. The van der Waals surface area contributed by atoms with Gasteiger partial charge in [-0.25, -0.2) is 9.97 Å². The van der Waals surface area contributed by atoms with Gasteiger partial charge in [0.05, 0.1) is 22.2 Å². The van der Waals surface area contributed by atoms with Crippen molar-refractivity contribution in [1.29, 1.82) is 0 Å². The van der Waals surface area contributed by atoms with Gasteiger partial charge < -0.3 is 0 Å². The molecule has 1 aliphatic rings. The van der Waals surface area contributed by atoms with Crippen molar-refractivity contribution in [3.05, 3.63) is 152 Å². The number of benzene rings is 7. The van der Waals surface area contributed by atoms with Crippen LogP contribution in [0.2, 0.25) is 0 Å². The first kappa shape index (κ1) is 24.4. The maximum atomic E-state index is 5.36. The Morgan fingerprint density at radius 1 is 0.378 bits per heavy atom. The fourth-order valence-electron chi connectivity index (χ4n) is 7.46. The third kappa shape index (κ3) is 3.41. The number of fused-ring (bicyclic) bond motifs is 4. The summed E-state index contributed by atoms with van der Waals surface area (Å²) in [5.74, 6) is 0.675. The van der Waals surface area contributed by atoms with Crippen molar-refractivity contribution in [3.8, 4) is 50.6 Å². The van der Waals surface area contributed by atoms with Crippen molar-refractivity contribution in [2.45, 2.75) is 0 Å². The van der Waals surface area contributed by atoms with Gasteiger partial charge in [0.25, 0.3) is 0 Å². The third-order valence-electron chi connectivity index (χ3n) is 9.35. The standard InChI is InChI=1S/C42H25N3/c1-3-13-26(14-4-1)34-25-37-40-38-30(20-11-21-32(34)38)28-17-7-8-18-29(28)31-22-12-24-36(39(31)40)45(37)42-43-35-23-10-9-19-33(35)41(44-42)27-15-5-2-6-16-27/h1-25H. The van der Waals surface area contributed by atoms with E-state index in [4.69, 9.17) is 9.97 Å². The number of hydrogen-bond donors (Lipinski definition) is 0. The molecule has 3 nitrogen and oxygen atoms in total. The molecule has 9 aromatic rings. The summed E-state index contributed by atoms with van der Waals surface area (Å²) in [6.07, 6.45) is 0. The second kappa shape index (κ2) is 9.22. The normalized spacial score (nSPS) is 12.0. The Hall–Kier alpha value is -6.06. The Balaban J connectivity index is 1.44. The molecule has 0 N–H and O–H groups in total. The van der Waals surface area contributed by atoms with E-state index in [2.05, 4.69) is 150 Å². The van der Waals surface area contributed by atoms with E-state index in [0.717, 1.165) is 33.2 Å². The van der Waals surface area contributed by atoms with Gasteiger partial charge in [0.1, 0.15) is 0 Å². The average Bonchev–Trinajstić information content (AvgIpc) is 3.39. The molecule has 0 spiro atoms. The van der Waals surface area contributed by atoms with E-state index in [-0.39, 0.29) is 0 Å². The van der Waals surface area contributed by atoms with Crippen molar-refractivity contribution < 1.29 is 0 Å². The van der Waals surface area contributed by atoms with E-state index in [0.29, 0.717) is 5.95 Å². The minimum atomic E-state index is 0.675. The Kier molecular flexibility index (Phi) is 5.00. The summed E-state index contributed by atoms with van der Waals surface area (Å²) in [4.78, 5) is 10.6. The van der Waals surface area contributed by atoms with E-state index in [9.17, 15) is 0 Å². The first-order valence-corrected chi connectivity index (χ1v) is 15.4. The average molecular weight is 572 g/mol. The minimum Gasteiger partial charge on any atom is -0.278 e. The van der Waals surface area contributed by atoms with Crippen molar-refractivity contribution in [3.63, 3.8) is 0 Å². The fourth-order valence-corrected chi connectivity index (χ4v) is 7.46. The predicted octanol–water partition coefficient (Wildman–Crippen LogP) is 10.9. The summed E-state index contributed by atoms with van der Waals surface area (Å²) in [6, 6.07) is 54.1. The third-order valence-corrected chi connectivity index (χ3v) is 9.35. The van der Waals surface area contributed by atoms with Gasteiger partial charge in [-0.15, -0.1) is 0 Å². The van der Waals surface area contributed by atoms with Crippen molar-refractivity contribution in [2.24, 2.45) is 0 Å². The molecule has 10 rings (SSSR count). The van der Waals surface area contributed by atoms with Gasteiger partial charge in [-0.1, -0.05) is 133 Å². The lowest BCUT2D eigenvalue weighted by molar-refractivity contribution is 1.01. The Bertz CT molecular complexity index is 2630. The molecule has 7 aromatic carbocycles. The number of hydrogen-bond acceptors (Lipinski definition) is 2. The predicted molar refractivity (Wildman–Crippen MR) is 187 cm³/mol. The molecule has 0 aliphatic heterocycles. The first-order valence-electron chi connectivity index (χ1n) is 15.4. The van der Waals surface area contributed by atoms with Gasteiger partial charge >= 0.3 is 0 Å². The monoisotopic (exact) mass is 571 g/mol. The lowest BCUT2D eigenvalue weighted by atomic mass is 9.90. The molecule has 0 fully saturated rings. The molecule has 0 bridgehead atoms. The van der Waals surface area contributed by atoms with Crippen molar-refractivity contribution >= 4 is 43.5 Å². The zero-order chi connectivity index (χ0) is 29.5. The lowest BCUT2D eigenvalue weighted by Crippen LogP contribution is -2.04. The second-order valence-corrected chi connectivity index (χ2v) is 11.7. The maximum Gasteiger partial charge on any atom is 0.235 e. The second-order valence-electron chi connectivity index (χ2n) is 11.7. The van der Waals surface area contributed by atoms with Crippen LogP contribution in [0.4, 0.5) is 0 Å². The minimum absolute atomic E-state index is 0.675. The fraction of sp³-hybridized carbons (Fsp3) is 0. The van der Waals surface area contributed by atoms with Crippen LogP contribution in [0.5, 0.6) is 0 Å². The van der Waals surface area contributed by atoms with E-state index < -0.39 is 0 Å². The summed E-state index contributed by atoms with van der Waals surface area (Å²) in [7, 11) is 0. The molecular weight excluding hydrogens is 546 g/mol. The lowest BCUT2D eigenvalue weighted by Gasteiger charge is -2.16. The van der Waals surface area contributed by atoms with Crippen LogP contribution in [0.25, 0.3) is 94.1 Å². The van der Waals surface area contributed by atoms with E-state index >= 15 is 0 Å². The summed E-state index contributed by atoms with van der Waals surface area (Å²) < 4.78 is 2.30. The van der Waals surface area contributed by atoms with Crippen LogP contribution >= 0.6 is 0 Å². The maximum absolute atomic E-state index is 5.36. The van der Waals surface area contributed by atoms with Gasteiger partial charge in [0, 0.05) is 27.1 Å². The van der Waals surface area contributed by atoms with Gasteiger partial charge in [0.2, 0.25) is 5.95 Å². The highest BCUT2D eigenvalue weighted by molar-refractivity contribution is 6.32. The molecule has 0 amide bonds. The highest BCUT2D eigenvalue weighted by Gasteiger charge is 2.27. The van der Waals surface area contributed by atoms with Crippen molar-refractivity contribution in [1.82, 2.24) is 14.5 Å². The van der Waals surface area contributed by atoms with E-state index in [1.165, 1.54) is 54.9 Å². The molecule has 0 saturated carbocycles. The van der Waals surface area contributed by atoms with Crippen LogP contribution in [0.15, 0.2) is 152 Å². The largest absolute Gasteiger partial charge is 0.278 e. The number of rotatable bonds is 3. The molecule has 1 aliphatic carbocycles. The van der Waals surface area contributed by atoms with Gasteiger partial charge in [-0.3, -0.25) is 4.57 Å². The summed E-state index contributed by atoms with van der Waals surface area (Å²) in [5, 5.41) is 6.06. The Morgan fingerprint density at radius 3 is 1.76 bits per heavy atom. The molecule has 3 heteroatoms. The SMILES string of the molecule is c1ccc(-c2nc(-n3c4cccc5c4c4c6c(cccc6c(-c6ccccc6)cc43)-c3ccccc3-5)nc3ccccc23)cc1. The molecule has 2 aromatic heterocycles. The van der Waals surface area contributed by atoms with Crippen LogP contribution in [-0.2, 0) is 0 Å². The highest BCUT2D eigenvalue weighted by atomic mass is 15.2. The molecular formula is C42H25N3. The molecule has 45 heavy (non-hydrogen) atoms. The topological polar surface area (TPSA) is 30.7 Å². The quantitative estimate of drug-likeness (QED) is 0.211. The molecule has 0 unspecified atom stereocenters. The van der Waals surface area contributed by atoms with Crippen LogP contribution in [0.3, 0.4) is 0 Å². The zero-order valence-electron chi connectivity index (χ0n) is 24.3. The zero-order valence-corrected chi connectivity index (χ0v) is 24.3. The molecule has 0 atom stereocenters. The Labute approximate surface area is 259 Å². The number of aromatic nitrogens is 3. The highest BCUT2D eigenvalue weighted by Crippen LogP contribution is 2.51. The van der Waals surface area contributed by atoms with Crippen LogP contribution in [0, 0.1) is 0 Å². The van der Waals surface area contributed by atoms with Gasteiger partial charge in [-0.2, -0.15) is 0 Å². The molecule has 208 valence electrons. The number of para-hydroxylation sites is 1. The summed E-state index contributed by atoms with van der Waals surface area (Å²) >= 11 is 0. The van der Waals surface area contributed by atoms with Gasteiger partial charge in [0.15, 0.2) is 0 Å². The summed E-state index contributed by atoms with van der Waals surface area (Å²) in [6.45, 7) is 0. The molecule has 0 saturated heterocycles. The van der Waals surface area contributed by atoms with Crippen molar-refractivity contribution in [2.75, 3.05) is 0 Å². The molecule has 2 heterocycles. The van der Waals surface area contributed by atoms with Crippen LogP contribution in [-0.4, -0.2) is 14.5 Å². The van der Waals surface area contributed by atoms with E-state index in [1.807, 2.05) is 6.07 Å². The smallest absolute Gasteiger partial charge is 0.235 e. The summed E-state index contributed by atoms with van der Waals surface area (Å²) in [5.41, 5.74) is 12.5. The van der Waals surface area contributed by atoms with Crippen LogP contribution in [0.1, 0.15) is 0 Å². The van der Waals surface area contributed by atoms with E-state index in [1.54, 1.807) is 0 Å². The Morgan fingerprint density at radius 2 is 0.978 bits per heavy atom.